The molecular weight excluding hydrogens is 377 g/mol. The summed E-state index contributed by atoms with van der Waals surface area (Å²) in [5, 5.41) is 5.47. The minimum Gasteiger partial charge on any atom is -0.368 e. The first-order valence-corrected chi connectivity index (χ1v) is 9.98. The highest BCUT2D eigenvalue weighted by Crippen LogP contribution is 2.26. The number of aryl methyl sites for hydroxylation is 2. The summed E-state index contributed by atoms with van der Waals surface area (Å²) in [5.41, 5.74) is 5.79. The van der Waals surface area contributed by atoms with E-state index >= 15 is 0 Å². The van der Waals surface area contributed by atoms with Crippen LogP contribution in [0, 0.1) is 19.7 Å². The Labute approximate surface area is 173 Å². The molecule has 0 amide bonds. The summed E-state index contributed by atoms with van der Waals surface area (Å²) in [5.74, 6) is 0.563. The van der Waals surface area contributed by atoms with Gasteiger partial charge in [-0.25, -0.2) is 14.4 Å². The molecule has 0 spiro atoms. The summed E-state index contributed by atoms with van der Waals surface area (Å²) in [6, 6.07) is 15.6. The minimum atomic E-state index is -0.187. The van der Waals surface area contributed by atoms with Crippen molar-refractivity contribution in [3.05, 3.63) is 78.1 Å². The van der Waals surface area contributed by atoms with Crippen molar-refractivity contribution in [3.63, 3.8) is 0 Å². The number of halogens is 1. The van der Waals surface area contributed by atoms with Gasteiger partial charge in [0.25, 0.3) is 0 Å². The van der Waals surface area contributed by atoms with Crippen LogP contribution in [0.4, 0.5) is 10.2 Å². The third kappa shape index (κ3) is 3.20. The number of H-pyrrole nitrogens is 1. The predicted molar refractivity (Wildman–Crippen MR) is 119 cm³/mol. The number of fused-ring (bicyclic) bond motifs is 2. The number of hydrogen-bond donors (Lipinski definition) is 2. The highest BCUT2D eigenvalue weighted by Gasteiger charge is 2.12. The van der Waals surface area contributed by atoms with Crippen molar-refractivity contribution in [1.82, 2.24) is 19.5 Å². The molecule has 6 heteroatoms. The Balaban J connectivity index is 1.35. The second kappa shape index (κ2) is 7.30. The van der Waals surface area contributed by atoms with E-state index in [4.69, 9.17) is 0 Å². The quantitative estimate of drug-likeness (QED) is 0.413. The van der Waals surface area contributed by atoms with Gasteiger partial charge >= 0.3 is 0 Å². The number of nitrogens with one attached hydrogen (secondary N) is 2. The Hall–Kier alpha value is -3.67. The number of nitrogens with zero attached hydrogens (tertiary/aromatic N) is 3. The Bertz CT molecular complexity index is 1370. The van der Waals surface area contributed by atoms with E-state index in [1.54, 1.807) is 12.4 Å². The van der Waals surface area contributed by atoms with E-state index in [1.165, 1.54) is 0 Å². The maximum Gasteiger partial charge on any atom is 0.147 e. The van der Waals surface area contributed by atoms with Crippen LogP contribution in [0.3, 0.4) is 0 Å². The van der Waals surface area contributed by atoms with Crippen LogP contribution in [0.2, 0.25) is 0 Å². The summed E-state index contributed by atoms with van der Waals surface area (Å²) in [6.45, 7) is 5.30. The zero-order valence-electron chi connectivity index (χ0n) is 16.9. The van der Waals surface area contributed by atoms with Crippen LogP contribution in [0.25, 0.3) is 33.1 Å². The fourth-order valence-corrected chi connectivity index (χ4v) is 4.01. The first-order chi connectivity index (χ1) is 14.6. The van der Waals surface area contributed by atoms with E-state index in [1.807, 2.05) is 54.9 Å². The molecule has 2 aromatic carbocycles. The molecule has 0 saturated heterocycles. The lowest BCUT2D eigenvalue weighted by atomic mass is 10.1. The number of hydrogen-bond acceptors (Lipinski definition) is 3. The van der Waals surface area contributed by atoms with E-state index in [9.17, 15) is 4.39 Å². The number of rotatable bonds is 5. The largest absolute Gasteiger partial charge is 0.368 e. The second-order valence-corrected chi connectivity index (χ2v) is 7.56. The molecule has 0 unspecified atom stereocenters. The van der Waals surface area contributed by atoms with Gasteiger partial charge in [-0.2, -0.15) is 0 Å². The number of aromatic nitrogens is 4. The molecule has 3 heterocycles. The van der Waals surface area contributed by atoms with Crippen molar-refractivity contribution in [2.75, 3.05) is 11.9 Å². The summed E-state index contributed by atoms with van der Waals surface area (Å²) < 4.78 is 16.5. The normalized spacial score (nSPS) is 11.4. The van der Waals surface area contributed by atoms with Crippen molar-refractivity contribution in [2.24, 2.45) is 0 Å². The third-order valence-electron chi connectivity index (χ3n) is 5.59. The van der Waals surface area contributed by atoms with Crippen LogP contribution in [-0.4, -0.2) is 26.1 Å². The zero-order valence-corrected chi connectivity index (χ0v) is 16.9. The molecule has 30 heavy (non-hydrogen) atoms. The van der Waals surface area contributed by atoms with Gasteiger partial charge in [0.15, 0.2) is 0 Å². The van der Waals surface area contributed by atoms with E-state index in [-0.39, 0.29) is 5.82 Å². The molecule has 2 N–H and O–H groups in total. The molecule has 0 aliphatic carbocycles. The molecule has 0 saturated carbocycles. The molecule has 0 radical (unpaired) electrons. The number of benzene rings is 2. The summed E-state index contributed by atoms with van der Waals surface area (Å²) in [7, 11) is 0. The van der Waals surface area contributed by atoms with E-state index in [2.05, 4.69) is 32.4 Å². The highest BCUT2D eigenvalue weighted by atomic mass is 19.1. The van der Waals surface area contributed by atoms with E-state index < -0.39 is 0 Å². The first-order valence-electron chi connectivity index (χ1n) is 9.98. The van der Waals surface area contributed by atoms with Crippen molar-refractivity contribution >= 4 is 27.6 Å². The molecule has 150 valence electrons. The van der Waals surface area contributed by atoms with Crippen LogP contribution in [0.5, 0.6) is 0 Å². The van der Waals surface area contributed by atoms with Crippen LogP contribution in [0.15, 0.2) is 61.1 Å². The maximum absolute atomic E-state index is 14.5. The summed E-state index contributed by atoms with van der Waals surface area (Å²) in [6.07, 6.45) is 3.50. The standard InChI is InChI=1S/C24H22FN5/c1-15-3-5-20(25)24-19(15)11-16(2)30(24)10-9-27-23-13-22(28-14-29-23)17-4-6-21-18(12-17)7-8-26-21/h3-8,11-14,26H,9-10H2,1-2H3,(H,27,28,29). The molecule has 0 atom stereocenters. The Morgan fingerprint density at radius 3 is 2.83 bits per heavy atom. The van der Waals surface area contributed by atoms with Crippen LogP contribution in [-0.2, 0) is 6.54 Å². The average Bonchev–Trinajstić information content (AvgIpc) is 3.35. The molecule has 0 aliphatic heterocycles. The Kier molecular flexibility index (Phi) is 4.47. The van der Waals surface area contributed by atoms with E-state index in [0.29, 0.717) is 18.6 Å². The van der Waals surface area contributed by atoms with Crippen LogP contribution >= 0.6 is 0 Å². The SMILES string of the molecule is Cc1ccc(F)c2c1cc(C)n2CCNc1cc(-c2ccc3[nH]ccc3c2)ncn1. The van der Waals surface area contributed by atoms with Gasteiger partial charge in [0.2, 0.25) is 0 Å². The maximum atomic E-state index is 14.5. The first kappa shape index (κ1) is 18.4. The lowest BCUT2D eigenvalue weighted by Crippen LogP contribution is -2.13. The Morgan fingerprint density at radius 1 is 1.03 bits per heavy atom. The summed E-state index contributed by atoms with van der Waals surface area (Å²) >= 11 is 0. The fraction of sp³-hybridized carbons (Fsp3) is 0.167. The van der Waals surface area contributed by atoms with E-state index in [0.717, 1.165) is 44.6 Å². The molecule has 0 bridgehead atoms. The average molecular weight is 399 g/mol. The highest BCUT2D eigenvalue weighted by molar-refractivity contribution is 5.85. The third-order valence-corrected chi connectivity index (χ3v) is 5.59. The van der Waals surface area contributed by atoms with Gasteiger partial charge < -0.3 is 14.9 Å². The van der Waals surface area contributed by atoms with Crippen molar-refractivity contribution < 1.29 is 4.39 Å². The molecule has 0 fully saturated rings. The summed E-state index contributed by atoms with van der Waals surface area (Å²) in [4.78, 5) is 12.0. The molecule has 5 rings (SSSR count). The van der Waals surface area contributed by atoms with Gasteiger partial charge in [-0.15, -0.1) is 0 Å². The zero-order chi connectivity index (χ0) is 20.7. The van der Waals surface area contributed by atoms with Crippen molar-refractivity contribution in [2.45, 2.75) is 20.4 Å². The Morgan fingerprint density at radius 2 is 1.93 bits per heavy atom. The molecule has 0 aliphatic rings. The molecule has 5 aromatic rings. The van der Waals surface area contributed by atoms with Crippen LogP contribution < -0.4 is 5.32 Å². The fourth-order valence-electron chi connectivity index (χ4n) is 4.01. The van der Waals surface area contributed by atoms with Crippen molar-refractivity contribution in [1.29, 1.82) is 0 Å². The number of aromatic amines is 1. The van der Waals surface area contributed by atoms with Gasteiger partial charge in [0, 0.05) is 52.9 Å². The van der Waals surface area contributed by atoms with Gasteiger partial charge in [-0.05, 0) is 49.7 Å². The topological polar surface area (TPSA) is 58.5 Å². The smallest absolute Gasteiger partial charge is 0.147 e. The van der Waals surface area contributed by atoms with Gasteiger partial charge in [-0.1, -0.05) is 12.1 Å². The lowest BCUT2D eigenvalue weighted by Gasteiger charge is -2.11. The monoisotopic (exact) mass is 399 g/mol. The van der Waals surface area contributed by atoms with Gasteiger partial charge in [-0.3, -0.25) is 0 Å². The minimum absolute atomic E-state index is 0.187. The molecule has 3 aromatic heterocycles. The van der Waals surface area contributed by atoms with Crippen LogP contribution in [0.1, 0.15) is 11.3 Å². The second-order valence-electron chi connectivity index (χ2n) is 7.56. The lowest BCUT2D eigenvalue weighted by molar-refractivity contribution is 0.621. The predicted octanol–water partition coefficient (Wildman–Crippen LogP) is 5.45. The number of anilines is 1. The van der Waals surface area contributed by atoms with Gasteiger partial charge in [0.1, 0.15) is 18.0 Å². The van der Waals surface area contributed by atoms with Crippen molar-refractivity contribution in [3.8, 4) is 11.3 Å². The molecular formula is C24H22FN5. The van der Waals surface area contributed by atoms with Gasteiger partial charge in [0.05, 0.1) is 11.2 Å². The molecule has 5 nitrogen and oxygen atoms in total.